The number of rotatable bonds is 6. The second kappa shape index (κ2) is 7.26. The molecule has 0 heterocycles. The van der Waals surface area contributed by atoms with Crippen LogP contribution in [0.25, 0.3) is 10.8 Å². The zero-order valence-electron chi connectivity index (χ0n) is 13.4. The van der Waals surface area contributed by atoms with Gasteiger partial charge in [0.2, 0.25) is 0 Å². The molecule has 3 aromatic rings. The largest absolute Gasteiger partial charge is 0.0654 e. The molecule has 22 heavy (non-hydrogen) atoms. The molecular formula is C22H24. The van der Waals surface area contributed by atoms with Crippen LogP contribution in [-0.2, 0) is 12.8 Å². The van der Waals surface area contributed by atoms with E-state index in [-0.39, 0.29) is 0 Å². The second-order valence-corrected chi connectivity index (χ2v) is 6.04. The van der Waals surface area contributed by atoms with E-state index in [1.165, 1.54) is 53.1 Å². The smallest absolute Gasteiger partial charge is 0.00169 e. The highest BCUT2D eigenvalue weighted by molar-refractivity contribution is 5.87. The molecule has 0 N–H and O–H groups in total. The third-order valence-corrected chi connectivity index (χ3v) is 4.41. The van der Waals surface area contributed by atoms with Crippen LogP contribution in [-0.4, -0.2) is 0 Å². The standard InChI is InChI=1S/C22H24/c1-2-3-5-12-20-16-15-19-13-8-9-14-21(19)22(20)17-18-10-6-4-7-11-18/h4,6-11,13-16H,2-3,5,12,17H2,1H3. The van der Waals surface area contributed by atoms with Gasteiger partial charge in [0.05, 0.1) is 0 Å². The zero-order chi connectivity index (χ0) is 15.2. The molecule has 0 fully saturated rings. The first kappa shape index (κ1) is 14.8. The van der Waals surface area contributed by atoms with Crippen molar-refractivity contribution in [3.63, 3.8) is 0 Å². The van der Waals surface area contributed by atoms with Gasteiger partial charge in [0.25, 0.3) is 0 Å². The average molecular weight is 288 g/mol. The van der Waals surface area contributed by atoms with Crippen molar-refractivity contribution < 1.29 is 0 Å². The number of unbranched alkanes of at least 4 members (excludes halogenated alkanes) is 2. The predicted octanol–water partition coefficient (Wildman–Crippen LogP) is 6.16. The molecule has 0 heteroatoms. The van der Waals surface area contributed by atoms with Crippen LogP contribution in [0.3, 0.4) is 0 Å². The SMILES string of the molecule is CCCCCc1ccc2ccccc2c1Cc1ccccc1. The summed E-state index contributed by atoms with van der Waals surface area (Å²) in [6.45, 7) is 2.27. The third-order valence-electron chi connectivity index (χ3n) is 4.41. The first-order valence-corrected chi connectivity index (χ1v) is 8.42. The van der Waals surface area contributed by atoms with Gasteiger partial charge in [-0.05, 0) is 46.7 Å². The molecule has 0 aliphatic heterocycles. The van der Waals surface area contributed by atoms with Crippen molar-refractivity contribution >= 4 is 10.8 Å². The summed E-state index contributed by atoms with van der Waals surface area (Å²) in [5, 5.41) is 2.77. The first-order chi connectivity index (χ1) is 10.9. The Kier molecular flexibility index (Phi) is 4.90. The van der Waals surface area contributed by atoms with Crippen LogP contribution in [0.15, 0.2) is 66.7 Å². The lowest BCUT2D eigenvalue weighted by atomic mass is 9.91. The second-order valence-electron chi connectivity index (χ2n) is 6.04. The monoisotopic (exact) mass is 288 g/mol. The average Bonchev–Trinajstić information content (AvgIpc) is 2.58. The van der Waals surface area contributed by atoms with Crippen LogP contribution in [0, 0.1) is 0 Å². The molecule has 0 unspecified atom stereocenters. The number of benzene rings is 3. The summed E-state index contributed by atoms with van der Waals surface area (Å²) in [6.07, 6.45) is 6.11. The van der Waals surface area contributed by atoms with Crippen molar-refractivity contribution in [1.29, 1.82) is 0 Å². The van der Waals surface area contributed by atoms with Gasteiger partial charge in [-0.3, -0.25) is 0 Å². The van der Waals surface area contributed by atoms with Gasteiger partial charge in [0.15, 0.2) is 0 Å². The summed E-state index contributed by atoms with van der Waals surface area (Å²) in [5.74, 6) is 0. The summed E-state index contributed by atoms with van der Waals surface area (Å²) in [6, 6.07) is 24.2. The zero-order valence-corrected chi connectivity index (χ0v) is 13.4. The Morgan fingerprint density at radius 1 is 0.727 bits per heavy atom. The number of hydrogen-bond acceptors (Lipinski definition) is 0. The molecule has 0 aliphatic carbocycles. The highest BCUT2D eigenvalue weighted by Gasteiger charge is 2.08. The van der Waals surface area contributed by atoms with Crippen LogP contribution in [0.2, 0.25) is 0 Å². The van der Waals surface area contributed by atoms with E-state index >= 15 is 0 Å². The van der Waals surface area contributed by atoms with Crippen LogP contribution in [0.5, 0.6) is 0 Å². The Morgan fingerprint density at radius 2 is 1.50 bits per heavy atom. The number of fused-ring (bicyclic) bond motifs is 1. The van der Waals surface area contributed by atoms with Crippen molar-refractivity contribution in [2.24, 2.45) is 0 Å². The van der Waals surface area contributed by atoms with E-state index in [2.05, 4.69) is 73.7 Å². The van der Waals surface area contributed by atoms with Crippen molar-refractivity contribution in [1.82, 2.24) is 0 Å². The molecule has 0 aliphatic rings. The fourth-order valence-electron chi connectivity index (χ4n) is 3.19. The minimum atomic E-state index is 1.03. The topological polar surface area (TPSA) is 0 Å². The lowest BCUT2D eigenvalue weighted by Gasteiger charge is -2.13. The van der Waals surface area contributed by atoms with Crippen LogP contribution in [0.4, 0.5) is 0 Å². The van der Waals surface area contributed by atoms with E-state index in [9.17, 15) is 0 Å². The summed E-state index contributed by atoms with van der Waals surface area (Å²) in [4.78, 5) is 0. The van der Waals surface area contributed by atoms with E-state index in [1.54, 1.807) is 0 Å². The summed E-state index contributed by atoms with van der Waals surface area (Å²) in [7, 11) is 0. The molecule has 3 aromatic carbocycles. The van der Waals surface area contributed by atoms with Crippen LogP contribution >= 0.6 is 0 Å². The fraction of sp³-hybridized carbons (Fsp3) is 0.273. The van der Waals surface area contributed by atoms with Crippen molar-refractivity contribution in [2.45, 2.75) is 39.0 Å². The Balaban J connectivity index is 2.00. The third kappa shape index (κ3) is 3.39. The van der Waals surface area contributed by atoms with Crippen molar-refractivity contribution in [3.05, 3.63) is 83.4 Å². The summed E-state index contributed by atoms with van der Waals surface area (Å²) in [5.41, 5.74) is 4.44. The molecule has 0 aromatic heterocycles. The molecule has 0 nitrogen and oxygen atoms in total. The highest BCUT2D eigenvalue weighted by Crippen LogP contribution is 2.26. The van der Waals surface area contributed by atoms with Gasteiger partial charge in [-0.25, -0.2) is 0 Å². The minimum absolute atomic E-state index is 1.03. The molecule has 0 amide bonds. The van der Waals surface area contributed by atoms with E-state index in [0.29, 0.717) is 0 Å². The Labute approximate surface area is 133 Å². The molecule has 0 bridgehead atoms. The quantitative estimate of drug-likeness (QED) is 0.476. The number of hydrogen-bond donors (Lipinski definition) is 0. The molecular weight excluding hydrogens is 264 g/mol. The summed E-state index contributed by atoms with van der Waals surface area (Å²) >= 11 is 0. The van der Waals surface area contributed by atoms with E-state index in [0.717, 1.165) is 6.42 Å². The molecule has 0 atom stereocenters. The molecule has 3 rings (SSSR count). The molecule has 0 radical (unpaired) electrons. The molecule has 112 valence electrons. The van der Waals surface area contributed by atoms with Gasteiger partial charge in [0, 0.05) is 0 Å². The van der Waals surface area contributed by atoms with Gasteiger partial charge in [-0.2, -0.15) is 0 Å². The van der Waals surface area contributed by atoms with Gasteiger partial charge >= 0.3 is 0 Å². The van der Waals surface area contributed by atoms with Gasteiger partial charge in [0.1, 0.15) is 0 Å². The Hall–Kier alpha value is -2.08. The Bertz CT molecular complexity index is 725. The molecule has 0 saturated heterocycles. The van der Waals surface area contributed by atoms with E-state index in [4.69, 9.17) is 0 Å². The lowest BCUT2D eigenvalue weighted by molar-refractivity contribution is 0.715. The highest BCUT2D eigenvalue weighted by atomic mass is 14.1. The van der Waals surface area contributed by atoms with E-state index in [1.807, 2.05) is 0 Å². The first-order valence-electron chi connectivity index (χ1n) is 8.42. The minimum Gasteiger partial charge on any atom is -0.0654 e. The van der Waals surface area contributed by atoms with E-state index < -0.39 is 0 Å². The molecule has 0 saturated carbocycles. The van der Waals surface area contributed by atoms with Gasteiger partial charge in [-0.1, -0.05) is 86.5 Å². The predicted molar refractivity (Wildman–Crippen MR) is 96.4 cm³/mol. The fourth-order valence-corrected chi connectivity index (χ4v) is 3.19. The number of aryl methyl sites for hydroxylation is 1. The van der Waals surface area contributed by atoms with Crippen molar-refractivity contribution in [3.8, 4) is 0 Å². The summed E-state index contributed by atoms with van der Waals surface area (Å²) < 4.78 is 0. The van der Waals surface area contributed by atoms with Crippen molar-refractivity contribution in [2.75, 3.05) is 0 Å². The Morgan fingerprint density at radius 3 is 2.32 bits per heavy atom. The normalized spacial score (nSPS) is 11.0. The van der Waals surface area contributed by atoms with Crippen LogP contribution in [0.1, 0.15) is 42.9 Å². The maximum Gasteiger partial charge on any atom is -0.00169 e. The maximum absolute atomic E-state index is 2.34. The molecule has 0 spiro atoms. The lowest BCUT2D eigenvalue weighted by Crippen LogP contribution is -1.98. The van der Waals surface area contributed by atoms with Crippen LogP contribution < -0.4 is 0 Å². The van der Waals surface area contributed by atoms with Gasteiger partial charge in [-0.15, -0.1) is 0 Å². The maximum atomic E-state index is 2.34. The van der Waals surface area contributed by atoms with Gasteiger partial charge < -0.3 is 0 Å².